The summed E-state index contributed by atoms with van der Waals surface area (Å²) in [5, 5.41) is 0. The summed E-state index contributed by atoms with van der Waals surface area (Å²) in [4.78, 5) is 0. The van der Waals surface area contributed by atoms with E-state index in [1.807, 2.05) is 13.8 Å². The van der Waals surface area contributed by atoms with Crippen LogP contribution in [0.2, 0.25) is 0 Å². The molecule has 0 aliphatic heterocycles. The van der Waals surface area contributed by atoms with E-state index >= 15 is 0 Å². The molecule has 0 rings (SSSR count). The average molecular weight is 211 g/mol. The molecule has 0 heterocycles. The molecule has 0 aliphatic rings. The Bertz CT molecular complexity index is 28.9. The van der Waals surface area contributed by atoms with Gasteiger partial charge < -0.3 is 0 Å². The van der Waals surface area contributed by atoms with Crippen LogP contribution in [0.3, 0.4) is 0 Å². The van der Waals surface area contributed by atoms with Crippen LogP contribution in [0, 0.1) is 0 Å². The maximum absolute atomic E-state index is 5.06. The Kier molecular flexibility index (Phi) is 7.41. The first-order valence-electron chi connectivity index (χ1n) is 2.57. The summed E-state index contributed by atoms with van der Waals surface area (Å²) in [7, 11) is 0. The van der Waals surface area contributed by atoms with E-state index < -0.39 is 22.0 Å². The number of rotatable bonds is 4. The van der Waals surface area contributed by atoms with Gasteiger partial charge in [0.2, 0.25) is 0 Å². The third-order valence-corrected chi connectivity index (χ3v) is 3.86. The second kappa shape index (κ2) is 6.72. The molecule has 7 heavy (non-hydrogen) atoms. The van der Waals surface area contributed by atoms with Crippen LogP contribution in [-0.4, -0.2) is 35.2 Å². The first-order valence-corrected chi connectivity index (χ1v) is 5.86. The van der Waals surface area contributed by atoms with Crippen LogP contribution in [0.4, 0.5) is 0 Å². The number of hydrogen-bond donors (Lipinski definition) is 0. The van der Waals surface area contributed by atoms with Crippen LogP contribution in [0.15, 0.2) is 0 Å². The standard InChI is InChI=1S/2C2H5O.Sn.2H/c2*1-2-3;;;/h2*2H2,1H3;;;/q2*-1;+2;;. The van der Waals surface area contributed by atoms with Gasteiger partial charge in [0, 0.05) is 0 Å². The fourth-order valence-electron chi connectivity index (χ4n) is 0.226. The van der Waals surface area contributed by atoms with E-state index in [0.717, 1.165) is 13.2 Å². The van der Waals surface area contributed by atoms with Crippen LogP contribution in [0.25, 0.3) is 0 Å². The van der Waals surface area contributed by atoms with E-state index in [9.17, 15) is 0 Å². The SMILES string of the molecule is CC[O][SnH2][O]CC. The Morgan fingerprint density at radius 3 is 1.86 bits per heavy atom. The predicted octanol–water partition coefficient (Wildman–Crippen LogP) is 0.0582. The molecule has 0 saturated heterocycles. The predicted molar refractivity (Wildman–Crippen MR) is 31.8 cm³/mol. The molecule has 0 amide bonds. The van der Waals surface area contributed by atoms with E-state index in [0.29, 0.717) is 0 Å². The zero-order valence-corrected chi connectivity index (χ0v) is 8.97. The molecular formula is C4H12O2Sn. The monoisotopic (exact) mass is 212 g/mol. The Labute approximate surface area is 55.5 Å². The van der Waals surface area contributed by atoms with Gasteiger partial charge in [-0.15, -0.1) is 0 Å². The van der Waals surface area contributed by atoms with Gasteiger partial charge in [-0.25, -0.2) is 0 Å². The second-order valence-electron chi connectivity index (χ2n) is 1.10. The van der Waals surface area contributed by atoms with Crippen molar-refractivity contribution in [1.29, 1.82) is 0 Å². The molecule has 0 aromatic carbocycles. The fraction of sp³-hybridized carbons (Fsp3) is 1.00. The van der Waals surface area contributed by atoms with E-state index in [1.54, 1.807) is 0 Å². The van der Waals surface area contributed by atoms with Crippen LogP contribution in [0.5, 0.6) is 0 Å². The summed E-state index contributed by atoms with van der Waals surface area (Å²) in [6, 6.07) is 0. The van der Waals surface area contributed by atoms with Crippen molar-refractivity contribution < 1.29 is 6.15 Å². The van der Waals surface area contributed by atoms with E-state index in [4.69, 9.17) is 6.15 Å². The van der Waals surface area contributed by atoms with Gasteiger partial charge in [0.15, 0.2) is 0 Å². The Hall–Kier alpha value is 0.719. The van der Waals surface area contributed by atoms with E-state index in [2.05, 4.69) is 0 Å². The van der Waals surface area contributed by atoms with Crippen molar-refractivity contribution in [3.8, 4) is 0 Å². The van der Waals surface area contributed by atoms with Gasteiger partial charge in [-0.3, -0.25) is 0 Å². The van der Waals surface area contributed by atoms with Gasteiger partial charge in [0.1, 0.15) is 0 Å². The Morgan fingerprint density at radius 2 is 1.57 bits per heavy atom. The quantitative estimate of drug-likeness (QED) is 0.483. The second-order valence-corrected chi connectivity index (χ2v) is 4.11. The summed E-state index contributed by atoms with van der Waals surface area (Å²) in [5.41, 5.74) is 0. The van der Waals surface area contributed by atoms with Crippen LogP contribution < -0.4 is 0 Å². The van der Waals surface area contributed by atoms with Crippen molar-refractivity contribution in [1.82, 2.24) is 0 Å². The molecule has 0 unspecified atom stereocenters. The maximum atomic E-state index is 5.06. The minimum atomic E-state index is -1.11. The van der Waals surface area contributed by atoms with Crippen molar-refractivity contribution in [3.05, 3.63) is 0 Å². The van der Waals surface area contributed by atoms with Gasteiger partial charge in [0.05, 0.1) is 0 Å². The molecule has 0 N–H and O–H groups in total. The molecule has 0 saturated carbocycles. The summed E-state index contributed by atoms with van der Waals surface area (Å²) in [6.45, 7) is 5.65. The summed E-state index contributed by atoms with van der Waals surface area (Å²) < 4.78 is 10.1. The van der Waals surface area contributed by atoms with Crippen molar-refractivity contribution in [2.75, 3.05) is 13.2 Å². The molecule has 3 heteroatoms. The Morgan fingerprint density at radius 1 is 1.14 bits per heavy atom. The van der Waals surface area contributed by atoms with Gasteiger partial charge in [0.25, 0.3) is 0 Å². The van der Waals surface area contributed by atoms with Gasteiger partial charge >= 0.3 is 55.2 Å². The molecule has 0 spiro atoms. The summed E-state index contributed by atoms with van der Waals surface area (Å²) in [6.07, 6.45) is 0. The van der Waals surface area contributed by atoms with E-state index in [1.165, 1.54) is 0 Å². The normalized spacial score (nSPS) is 9.43. The first-order chi connectivity index (χ1) is 3.41. The molecule has 0 aliphatic carbocycles. The van der Waals surface area contributed by atoms with Crippen molar-refractivity contribution >= 4 is 22.0 Å². The molecule has 0 aromatic rings. The fourth-order valence-corrected chi connectivity index (χ4v) is 1.51. The molecule has 0 aromatic heterocycles. The van der Waals surface area contributed by atoms with Crippen molar-refractivity contribution in [2.24, 2.45) is 0 Å². The first kappa shape index (κ1) is 7.72. The molecule has 2 nitrogen and oxygen atoms in total. The van der Waals surface area contributed by atoms with Gasteiger partial charge in [-0.1, -0.05) is 0 Å². The van der Waals surface area contributed by atoms with Crippen molar-refractivity contribution in [2.45, 2.75) is 13.8 Å². The number of hydrogen-bond acceptors (Lipinski definition) is 2. The van der Waals surface area contributed by atoms with Crippen LogP contribution >= 0.6 is 0 Å². The molecule has 0 radical (unpaired) electrons. The van der Waals surface area contributed by atoms with Gasteiger partial charge in [-0.2, -0.15) is 0 Å². The minimum absolute atomic E-state index is 0.829. The van der Waals surface area contributed by atoms with Crippen molar-refractivity contribution in [3.63, 3.8) is 0 Å². The Balaban J connectivity index is 2.45. The topological polar surface area (TPSA) is 18.5 Å². The molecule has 44 valence electrons. The third kappa shape index (κ3) is 6.72. The van der Waals surface area contributed by atoms with Crippen LogP contribution in [-0.2, 0) is 6.15 Å². The zero-order chi connectivity index (χ0) is 5.54. The third-order valence-electron chi connectivity index (χ3n) is 0.575. The molecule has 0 bridgehead atoms. The molecular weight excluding hydrogens is 199 g/mol. The average Bonchev–Trinajstić information content (AvgIpc) is 1.69. The zero-order valence-electron chi connectivity index (χ0n) is 4.94. The van der Waals surface area contributed by atoms with Gasteiger partial charge in [-0.05, 0) is 0 Å². The van der Waals surface area contributed by atoms with E-state index in [-0.39, 0.29) is 0 Å². The molecule has 0 fully saturated rings. The summed E-state index contributed by atoms with van der Waals surface area (Å²) in [5.74, 6) is 0. The molecule has 0 atom stereocenters. The van der Waals surface area contributed by atoms with Crippen LogP contribution in [0.1, 0.15) is 13.8 Å². The summed E-state index contributed by atoms with van der Waals surface area (Å²) >= 11 is -1.11.